The van der Waals surface area contributed by atoms with Crippen LogP contribution in [0.15, 0.2) is 24.8 Å². The number of nitrogens with zero attached hydrogens (tertiary/aromatic N) is 1. The first-order valence-electron chi connectivity index (χ1n) is 2.64. The molecule has 0 radical (unpaired) electrons. The van der Waals surface area contributed by atoms with Gasteiger partial charge in [0, 0.05) is 6.08 Å². The highest BCUT2D eigenvalue weighted by atomic mass is 16.4. The number of allylic oxidation sites excluding steroid dienone is 1. The van der Waals surface area contributed by atoms with E-state index in [0.717, 1.165) is 6.08 Å². The summed E-state index contributed by atoms with van der Waals surface area (Å²) >= 11 is 0. The highest BCUT2D eigenvalue weighted by Gasteiger charge is 2.06. The van der Waals surface area contributed by atoms with Crippen LogP contribution in [0.2, 0.25) is 0 Å². The van der Waals surface area contributed by atoms with Gasteiger partial charge in [0.1, 0.15) is 0 Å². The third-order valence-corrected chi connectivity index (χ3v) is 0.917. The van der Waals surface area contributed by atoms with Crippen molar-refractivity contribution >= 4 is 5.97 Å². The molecular formula is C7H7NO2. The van der Waals surface area contributed by atoms with Crippen LogP contribution in [0.4, 0.5) is 0 Å². The lowest BCUT2D eigenvalue weighted by Crippen LogP contribution is -2.06. The number of hydrogen-bond acceptors (Lipinski definition) is 2. The smallest absolute Gasteiger partial charge is 0.314 e. The van der Waals surface area contributed by atoms with Crippen LogP contribution in [-0.4, -0.2) is 11.1 Å². The normalized spacial score (nSPS) is 12.3. The van der Waals surface area contributed by atoms with Gasteiger partial charge in [-0.2, -0.15) is 5.26 Å². The summed E-state index contributed by atoms with van der Waals surface area (Å²) in [5.74, 6) is -1.75. The van der Waals surface area contributed by atoms with E-state index in [2.05, 4.69) is 6.58 Å². The van der Waals surface area contributed by atoms with E-state index in [1.165, 1.54) is 12.2 Å². The Bertz CT molecular complexity index is 200. The van der Waals surface area contributed by atoms with Crippen LogP contribution < -0.4 is 0 Å². The Morgan fingerprint density at radius 3 is 2.70 bits per heavy atom. The molecule has 0 aliphatic heterocycles. The Balaban J connectivity index is 4.12. The minimum atomic E-state index is -0.999. The van der Waals surface area contributed by atoms with Crippen LogP contribution in [0, 0.1) is 17.2 Å². The van der Waals surface area contributed by atoms with Gasteiger partial charge in [0.15, 0.2) is 0 Å². The third-order valence-electron chi connectivity index (χ3n) is 0.917. The van der Waals surface area contributed by atoms with Crippen LogP contribution >= 0.6 is 0 Å². The second kappa shape index (κ2) is 4.33. The maximum absolute atomic E-state index is 10.2. The molecule has 3 nitrogen and oxygen atoms in total. The zero-order chi connectivity index (χ0) is 7.98. The quantitative estimate of drug-likeness (QED) is 0.465. The van der Waals surface area contributed by atoms with Crippen LogP contribution in [0.5, 0.6) is 0 Å². The van der Waals surface area contributed by atoms with Gasteiger partial charge in [-0.05, 0) is 0 Å². The standard InChI is InChI=1S/C7H7NO2/c1-2-6(7(9)10)4-3-5-8/h2-4,6H,1H2,(H,9,10). The average Bonchev–Trinajstić information content (AvgIpc) is 1.89. The highest BCUT2D eigenvalue weighted by Crippen LogP contribution is 1.98. The molecule has 52 valence electrons. The molecule has 0 aromatic rings. The Hall–Kier alpha value is -1.56. The zero-order valence-corrected chi connectivity index (χ0v) is 5.32. The van der Waals surface area contributed by atoms with Crippen molar-refractivity contribution in [3.8, 4) is 6.07 Å². The fourth-order valence-electron chi connectivity index (χ4n) is 0.408. The summed E-state index contributed by atoms with van der Waals surface area (Å²) in [4.78, 5) is 10.2. The summed E-state index contributed by atoms with van der Waals surface area (Å²) in [6.07, 6.45) is 3.66. The number of carboxylic acid groups (broad SMARTS) is 1. The Morgan fingerprint density at radius 1 is 1.80 bits per heavy atom. The van der Waals surface area contributed by atoms with Crippen LogP contribution in [0.3, 0.4) is 0 Å². The molecule has 0 aromatic carbocycles. The molecule has 0 aromatic heterocycles. The first-order chi connectivity index (χ1) is 4.72. The van der Waals surface area contributed by atoms with Crippen LogP contribution in [0.25, 0.3) is 0 Å². The number of carbonyl (C=O) groups is 1. The van der Waals surface area contributed by atoms with Crippen molar-refractivity contribution in [1.82, 2.24) is 0 Å². The van der Waals surface area contributed by atoms with Crippen LogP contribution in [-0.2, 0) is 4.79 Å². The number of hydrogen-bond donors (Lipinski definition) is 1. The predicted molar refractivity (Wildman–Crippen MR) is 36.1 cm³/mol. The van der Waals surface area contributed by atoms with E-state index in [0.29, 0.717) is 0 Å². The maximum Gasteiger partial charge on any atom is 0.314 e. The van der Waals surface area contributed by atoms with Gasteiger partial charge in [-0.15, -0.1) is 6.58 Å². The van der Waals surface area contributed by atoms with Crippen molar-refractivity contribution < 1.29 is 9.90 Å². The van der Waals surface area contributed by atoms with Crippen molar-refractivity contribution in [2.45, 2.75) is 0 Å². The molecule has 3 heteroatoms. The predicted octanol–water partition coefficient (Wildman–Crippen LogP) is 0.953. The molecule has 0 rings (SSSR count). The molecule has 0 fully saturated rings. The van der Waals surface area contributed by atoms with E-state index < -0.39 is 11.9 Å². The molecular weight excluding hydrogens is 130 g/mol. The topological polar surface area (TPSA) is 61.1 Å². The molecule has 0 amide bonds. The number of carboxylic acids is 1. The summed E-state index contributed by atoms with van der Waals surface area (Å²) in [6.45, 7) is 3.29. The monoisotopic (exact) mass is 137 g/mol. The first-order valence-corrected chi connectivity index (χ1v) is 2.64. The highest BCUT2D eigenvalue weighted by molar-refractivity contribution is 5.74. The molecule has 0 aliphatic carbocycles. The largest absolute Gasteiger partial charge is 0.481 e. The zero-order valence-electron chi connectivity index (χ0n) is 5.32. The van der Waals surface area contributed by atoms with Gasteiger partial charge in [-0.25, -0.2) is 0 Å². The molecule has 10 heavy (non-hydrogen) atoms. The molecule has 1 atom stereocenters. The number of nitriles is 1. The lowest BCUT2D eigenvalue weighted by molar-refractivity contribution is -0.138. The van der Waals surface area contributed by atoms with Crippen molar-refractivity contribution in [1.29, 1.82) is 5.26 Å². The number of rotatable bonds is 3. The lowest BCUT2D eigenvalue weighted by atomic mass is 10.1. The van der Waals surface area contributed by atoms with Gasteiger partial charge in [0.2, 0.25) is 0 Å². The second-order valence-electron chi connectivity index (χ2n) is 1.59. The van der Waals surface area contributed by atoms with Crippen molar-refractivity contribution in [2.75, 3.05) is 0 Å². The van der Waals surface area contributed by atoms with E-state index in [4.69, 9.17) is 10.4 Å². The molecule has 0 aliphatic rings. The van der Waals surface area contributed by atoms with Crippen LogP contribution in [0.1, 0.15) is 0 Å². The molecule has 0 saturated heterocycles. The van der Waals surface area contributed by atoms with Crippen molar-refractivity contribution in [3.05, 3.63) is 24.8 Å². The Morgan fingerprint density at radius 2 is 2.40 bits per heavy atom. The van der Waals surface area contributed by atoms with Crippen molar-refractivity contribution in [3.63, 3.8) is 0 Å². The second-order valence-corrected chi connectivity index (χ2v) is 1.59. The summed E-state index contributed by atoms with van der Waals surface area (Å²) in [6, 6.07) is 1.70. The van der Waals surface area contributed by atoms with Gasteiger partial charge in [-0.1, -0.05) is 12.2 Å². The fourth-order valence-corrected chi connectivity index (χ4v) is 0.408. The Labute approximate surface area is 58.9 Å². The molecule has 0 bridgehead atoms. The molecule has 0 saturated carbocycles. The minimum absolute atomic E-state index is 0.750. The summed E-state index contributed by atoms with van der Waals surface area (Å²) in [5.41, 5.74) is 0. The summed E-state index contributed by atoms with van der Waals surface area (Å²) in [7, 11) is 0. The molecule has 0 heterocycles. The summed E-state index contributed by atoms with van der Waals surface area (Å²) in [5, 5.41) is 16.4. The SMILES string of the molecule is C=CC(C=CC#N)C(=O)O. The van der Waals surface area contributed by atoms with Crippen molar-refractivity contribution in [2.24, 2.45) is 5.92 Å². The van der Waals surface area contributed by atoms with E-state index in [1.54, 1.807) is 6.07 Å². The molecule has 1 unspecified atom stereocenters. The van der Waals surface area contributed by atoms with E-state index in [9.17, 15) is 4.79 Å². The minimum Gasteiger partial charge on any atom is -0.481 e. The molecule has 0 spiro atoms. The first kappa shape index (κ1) is 8.44. The lowest BCUT2D eigenvalue weighted by Gasteiger charge is -1.95. The number of aliphatic carboxylic acids is 1. The van der Waals surface area contributed by atoms with E-state index in [1.807, 2.05) is 0 Å². The van der Waals surface area contributed by atoms with Gasteiger partial charge < -0.3 is 5.11 Å². The van der Waals surface area contributed by atoms with Gasteiger partial charge in [-0.3, -0.25) is 4.79 Å². The third kappa shape index (κ3) is 2.68. The fraction of sp³-hybridized carbons (Fsp3) is 0.143. The van der Waals surface area contributed by atoms with Gasteiger partial charge >= 0.3 is 5.97 Å². The Kier molecular flexibility index (Phi) is 3.66. The molecule has 1 N–H and O–H groups in total. The van der Waals surface area contributed by atoms with E-state index in [-0.39, 0.29) is 0 Å². The van der Waals surface area contributed by atoms with Gasteiger partial charge in [0.05, 0.1) is 12.0 Å². The van der Waals surface area contributed by atoms with E-state index >= 15 is 0 Å². The average molecular weight is 137 g/mol. The van der Waals surface area contributed by atoms with Gasteiger partial charge in [0.25, 0.3) is 0 Å². The maximum atomic E-state index is 10.2. The summed E-state index contributed by atoms with van der Waals surface area (Å²) < 4.78 is 0.